The number of benzene rings is 1. The van der Waals surface area contributed by atoms with Crippen LogP contribution in [0.15, 0.2) is 23.1 Å². The van der Waals surface area contributed by atoms with Gasteiger partial charge in [-0.05, 0) is 24.1 Å². The van der Waals surface area contributed by atoms with Gasteiger partial charge in [-0.3, -0.25) is 0 Å². The van der Waals surface area contributed by atoms with Crippen molar-refractivity contribution in [2.45, 2.75) is 11.3 Å². The Kier molecular flexibility index (Phi) is 4.54. The van der Waals surface area contributed by atoms with Crippen molar-refractivity contribution in [1.29, 1.82) is 0 Å². The summed E-state index contributed by atoms with van der Waals surface area (Å²) >= 11 is 1.73. The molecule has 0 fully saturated rings. The minimum atomic E-state index is 0. The van der Waals surface area contributed by atoms with Crippen molar-refractivity contribution in [3.8, 4) is 5.75 Å². The number of ether oxygens (including phenoxy) is 1. The molecule has 13 heavy (non-hydrogen) atoms. The van der Waals surface area contributed by atoms with Gasteiger partial charge in [0.05, 0.1) is 4.90 Å². The molecule has 0 saturated heterocycles. The fourth-order valence-electron chi connectivity index (χ4n) is 1.24. The van der Waals surface area contributed by atoms with Crippen LogP contribution in [0.2, 0.25) is 0 Å². The molecular formula is C9H10CdNOS-. The molecule has 0 unspecified atom stereocenters. The van der Waals surface area contributed by atoms with Gasteiger partial charge in [0.2, 0.25) is 0 Å². The average Bonchev–Trinajstić information content (AvgIpc) is 2.51. The van der Waals surface area contributed by atoms with E-state index in [-0.39, 0.29) is 27.3 Å². The third kappa shape index (κ3) is 2.60. The van der Waals surface area contributed by atoms with Gasteiger partial charge in [-0.15, -0.1) is 6.54 Å². The minimum Gasteiger partial charge on any atom is -0.677 e. The maximum absolute atomic E-state index is 7.09. The van der Waals surface area contributed by atoms with Crippen molar-refractivity contribution in [3.63, 3.8) is 0 Å². The maximum Gasteiger partial charge on any atom is 0.138 e. The first kappa shape index (κ1) is 11.3. The van der Waals surface area contributed by atoms with Crippen molar-refractivity contribution in [2.75, 3.05) is 12.5 Å². The molecule has 1 N–H and O–H groups in total. The van der Waals surface area contributed by atoms with E-state index in [2.05, 4.69) is 12.1 Å². The van der Waals surface area contributed by atoms with Gasteiger partial charge >= 0.3 is 0 Å². The van der Waals surface area contributed by atoms with Gasteiger partial charge in [0.1, 0.15) is 11.7 Å². The molecule has 4 heteroatoms. The van der Waals surface area contributed by atoms with Crippen LogP contribution in [-0.4, -0.2) is 12.5 Å². The van der Waals surface area contributed by atoms with E-state index in [1.165, 1.54) is 10.5 Å². The quantitative estimate of drug-likeness (QED) is 0.785. The zero-order chi connectivity index (χ0) is 8.39. The van der Waals surface area contributed by atoms with Gasteiger partial charge in [-0.1, -0.05) is 17.8 Å². The van der Waals surface area contributed by atoms with Gasteiger partial charge in [-0.2, -0.15) is 0 Å². The molecular weight excluding hydrogens is 283 g/mol. The second-order valence-electron chi connectivity index (χ2n) is 2.69. The van der Waals surface area contributed by atoms with Gasteiger partial charge in [0.25, 0.3) is 0 Å². The molecule has 1 aromatic carbocycles. The van der Waals surface area contributed by atoms with Gasteiger partial charge in [-0.25, -0.2) is 0 Å². The summed E-state index contributed by atoms with van der Waals surface area (Å²) < 4.78 is 5.39. The van der Waals surface area contributed by atoms with Gasteiger partial charge in [0, 0.05) is 27.3 Å². The molecule has 1 aromatic rings. The summed E-state index contributed by atoms with van der Waals surface area (Å²) in [6.45, 7) is 0.450. The summed E-state index contributed by atoms with van der Waals surface area (Å²) in [5.41, 5.74) is 8.29. The number of thioether (sulfide) groups is 1. The number of rotatable bonds is 2. The summed E-state index contributed by atoms with van der Waals surface area (Å²) in [7, 11) is 0. The predicted octanol–water partition coefficient (Wildman–Crippen LogP) is 2.72. The zero-order valence-corrected chi connectivity index (χ0v) is 12.2. The molecule has 66 valence electrons. The summed E-state index contributed by atoms with van der Waals surface area (Å²) in [5.74, 6) is 1.73. The van der Waals surface area contributed by atoms with E-state index in [4.69, 9.17) is 10.5 Å². The molecule has 0 amide bonds. The number of hydrogen-bond acceptors (Lipinski definition) is 2. The van der Waals surface area contributed by atoms with Gasteiger partial charge < -0.3 is 10.5 Å². The van der Waals surface area contributed by atoms with Crippen molar-refractivity contribution >= 4 is 11.8 Å². The molecule has 1 heterocycles. The summed E-state index contributed by atoms with van der Waals surface area (Å²) in [6.07, 6.45) is 0.821. The first-order valence-electron chi connectivity index (χ1n) is 3.93. The Morgan fingerprint density at radius 1 is 1.46 bits per heavy atom. The zero-order valence-electron chi connectivity index (χ0n) is 7.38. The third-order valence-electron chi connectivity index (χ3n) is 1.85. The monoisotopic (exact) mass is 294 g/mol. The SMILES string of the molecule is [Cd].[NH-]CCc1ccc2c(c1)OCS2. The predicted molar refractivity (Wildman–Crippen MR) is 50.7 cm³/mol. The molecule has 0 atom stereocenters. The van der Waals surface area contributed by atoms with Crippen LogP contribution in [0.1, 0.15) is 5.56 Å². The van der Waals surface area contributed by atoms with Crippen LogP contribution in [0.3, 0.4) is 0 Å². The smallest absolute Gasteiger partial charge is 0.138 e. The summed E-state index contributed by atoms with van der Waals surface area (Å²) in [6, 6.07) is 6.21. The second kappa shape index (κ2) is 5.21. The van der Waals surface area contributed by atoms with Crippen molar-refractivity contribution in [3.05, 3.63) is 29.5 Å². The van der Waals surface area contributed by atoms with Crippen LogP contribution in [-0.2, 0) is 33.7 Å². The largest absolute Gasteiger partial charge is 0.677 e. The fourth-order valence-corrected chi connectivity index (χ4v) is 1.98. The Hall–Kier alpha value is 0.252. The average molecular weight is 293 g/mol. The van der Waals surface area contributed by atoms with E-state index in [9.17, 15) is 0 Å². The molecule has 0 aliphatic carbocycles. The first-order chi connectivity index (χ1) is 5.90. The van der Waals surface area contributed by atoms with E-state index in [0.29, 0.717) is 6.54 Å². The standard InChI is InChI=1S/C9H10NOS.Cd/c10-4-3-7-1-2-9-8(5-7)11-6-12-9;/h1-2,5,10H,3-4,6H2;/q-1;. The summed E-state index contributed by atoms with van der Waals surface area (Å²) in [4.78, 5) is 1.23. The number of nitrogens with one attached hydrogen (secondary N) is 1. The Balaban J connectivity index is 0.000000845. The Morgan fingerprint density at radius 2 is 2.31 bits per heavy atom. The molecule has 0 bridgehead atoms. The second-order valence-corrected chi connectivity index (χ2v) is 3.65. The van der Waals surface area contributed by atoms with Crippen LogP contribution in [0, 0.1) is 0 Å². The third-order valence-corrected chi connectivity index (χ3v) is 2.73. The molecule has 0 spiro atoms. The molecule has 0 aromatic heterocycles. The van der Waals surface area contributed by atoms with Crippen molar-refractivity contribution in [1.82, 2.24) is 0 Å². The Morgan fingerprint density at radius 3 is 3.08 bits per heavy atom. The van der Waals surface area contributed by atoms with Crippen molar-refractivity contribution < 1.29 is 32.0 Å². The molecule has 0 radical (unpaired) electrons. The molecule has 1 aliphatic heterocycles. The van der Waals surface area contributed by atoms with Crippen LogP contribution in [0.5, 0.6) is 5.75 Å². The molecule has 0 saturated carbocycles. The van der Waals surface area contributed by atoms with E-state index in [1.807, 2.05) is 6.07 Å². The summed E-state index contributed by atoms with van der Waals surface area (Å²) in [5, 5.41) is 0. The fraction of sp³-hybridized carbons (Fsp3) is 0.333. The minimum absolute atomic E-state index is 0. The van der Waals surface area contributed by atoms with E-state index >= 15 is 0 Å². The number of hydrogen-bond donors (Lipinski definition) is 0. The van der Waals surface area contributed by atoms with Crippen LogP contribution in [0.25, 0.3) is 5.73 Å². The molecule has 1 aliphatic rings. The maximum atomic E-state index is 7.09. The van der Waals surface area contributed by atoms with E-state index in [0.717, 1.165) is 18.1 Å². The molecule has 2 rings (SSSR count). The van der Waals surface area contributed by atoms with Crippen LogP contribution < -0.4 is 4.74 Å². The van der Waals surface area contributed by atoms with Crippen LogP contribution in [0.4, 0.5) is 0 Å². The topological polar surface area (TPSA) is 33.0 Å². The Labute approximate surface area is 102 Å². The van der Waals surface area contributed by atoms with Gasteiger partial charge in [0.15, 0.2) is 0 Å². The normalized spacial score (nSPS) is 13.0. The molecule has 2 nitrogen and oxygen atoms in total. The first-order valence-corrected chi connectivity index (χ1v) is 4.92. The van der Waals surface area contributed by atoms with E-state index < -0.39 is 0 Å². The van der Waals surface area contributed by atoms with Crippen molar-refractivity contribution in [2.24, 2.45) is 0 Å². The van der Waals surface area contributed by atoms with E-state index in [1.54, 1.807) is 11.8 Å². The Bertz CT molecular complexity index is 293. The van der Waals surface area contributed by atoms with Crippen LogP contribution >= 0.6 is 11.8 Å². The number of fused-ring (bicyclic) bond motifs is 1.